The number of nitrogens with zero attached hydrogens (tertiary/aromatic N) is 2. The molecule has 1 heterocycles. The first-order valence-corrected chi connectivity index (χ1v) is 17.7. The van der Waals surface area contributed by atoms with E-state index in [0.717, 1.165) is 33.9 Å². The highest BCUT2D eigenvalue weighted by molar-refractivity contribution is 6.05. The average molecular weight is 651 g/mol. The molecular formula is C49H34N2. The first-order valence-electron chi connectivity index (χ1n) is 17.7. The molecule has 51 heavy (non-hydrogen) atoms. The van der Waals surface area contributed by atoms with Crippen molar-refractivity contribution in [2.24, 2.45) is 0 Å². The Labute approximate surface area is 297 Å². The molecule has 1 aromatic heterocycles. The van der Waals surface area contributed by atoms with Crippen LogP contribution in [0.15, 0.2) is 170 Å². The number of aromatic nitrogens is 2. The molecule has 0 spiro atoms. The van der Waals surface area contributed by atoms with Crippen molar-refractivity contribution < 1.29 is 0 Å². The minimum Gasteiger partial charge on any atom is -0.228 e. The van der Waals surface area contributed by atoms with Gasteiger partial charge in [0.25, 0.3) is 0 Å². The second kappa shape index (κ2) is 11.3. The van der Waals surface area contributed by atoms with Crippen molar-refractivity contribution in [2.75, 3.05) is 0 Å². The Morgan fingerprint density at radius 2 is 0.941 bits per heavy atom. The van der Waals surface area contributed by atoms with Gasteiger partial charge < -0.3 is 0 Å². The number of hydrogen-bond acceptors (Lipinski definition) is 2. The molecule has 0 amide bonds. The van der Waals surface area contributed by atoms with E-state index in [1.165, 1.54) is 65.7 Å². The molecule has 240 valence electrons. The van der Waals surface area contributed by atoms with Crippen LogP contribution in [0.4, 0.5) is 0 Å². The van der Waals surface area contributed by atoms with E-state index in [1.54, 1.807) is 0 Å². The van der Waals surface area contributed by atoms with Crippen molar-refractivity contribution in [3.05, 3.63) is 181 Å². The van der Waals surface area contributed by atoms with E-state index >= 15 is 0 Å². The van der Waals surface area contributed by atoms with Crippen molar-refractivity contribution >= 4 is 32.3 Å². The molecule has 8 aromatic carbocycles. The molecule has 2 heteroatoms. The second-order valence-corrected chi connectivity index (χ2v) is 14.2. The van der Waals surface area contributed by atoms with Crippen LogP contribution in [-0.2, 0) is 5.41 Å². The van der Waals surface area contributed by atoms with E-state index < -0.39 is 0 Å². The highest BCUT2D eigenvalue weighted by Gasteiger charge is 2.36. The van der Waals surface area contributed by atoms with Crippen LogP contribution in [0, 0.1) is 0 Å². The number of rotatable bonds is 4. The Morgan fingerprint density at radius 3 is 1.73 bits per heavy atom. The Hall–Kier alpha value is -6.38. The summed E-state index contributed by atoms with van der Waals surface area (Å²) in [5, 5.41) is 7.36. The Bertz CT molecular complexity index is 2830. The van der Waals surface area contributed by atoms with Gasteiger partial charge in [-0.05, 0) is 96.0 Å². The standard InChI is InChI=1S/C49H34N2/c1-49(2)44-25-22-36(28-42(44)43-27-34-16-8-9-17-35(34)29-45(43)49)38-23-24-41(40-19-11-10-18-39(38)40)47-30-46(50-48(51-47)32-13-4-3-5-14-32)37-21-20-31-12-6-7-15-33(31)26-37/h3-30H,1-2H3. The van der Waals surface area contributed by atoms with Crippen LogP contribution in [0.25, 0.3) is 88.5 Å². The van der Waals surface area contributed by atoms with Crippen LogP contribution in [-0.4, -0.2) is 9.97 Å². The summed E-state index contributed by atoms with van der Waals surface area (Å²) in [4.78, 5) is 10.3. The van der Waals surface area contributed by atoms with Crippen molar-refractivity contribution in [3.8, 4) is 56.2 Å². The predicted molar refractivity (Wildman–Crippen MR) is 214 cm³/mol. The van der Waals surface area contributed by atoms with E-state index in [9.17, 15) is 0 Å². The predicted octanol–water partition coefficient (Wildman–Crippen LogP) is 12.9. The van der Waals surface area contributed by atoms with Crippen LogP contribution in [0.3, 0.4) is 0 Å². The van der Waals surface area contributed by atoms with Crippen LogP contribution in [0.5, 0.6) is 0 Å². The molecule has 0 unspecified atom stereocenters. The summed E-state index contributed by atoms with van der Waals surface area (Å²) in [5.41, 5.74) is 12.8. The van der Waals surface area contributed by atoms with Gasteiger partial charge in [0, 0.05) is 22.1 Å². The van der Waals surface area contributed by atoms with Crippen molar-refractivity contribution in [1.29, 1.82) is 0 Å². The molecule has 0 aliphatic heterocycles. The van der Waals surface area contributed by atoms with Gasteiger partial charge in [0.05, 0.1) is 11.4 Å². The van der Waals surface area contributed by atoms with E-state index in [1.807, 2.05) is 18.2 Å². The maximum atomic E-state index is 5.22. The number of benzene rings is 8. The van der Waals surface area contributed by atoms with Crippen molar-refractivity contribution in [2.45, 2.75) is 19.3 Å². The minimum atomic E-state index is -0.0641. The van der Waals surface area contributed by atoms with Crippen LogP contribution in [0.1, 0.15) is 25.0 Å². The van der Waals surface area contributed by atoms with Gasteiger partial charge in [-0.3, -0.25) is 0 Å². The molecule has 9 aromatic rings. The zero-order valence-corrected chi connectivity index (χ0v) is 28.6. The lowest BCUT2D eigenvalue weighted by Gasteiger charge is -2.22. The van der Waals surface area contributed by atoms with Crippen molar-refractivity contribution in [1.82, 2.24) is 9.97 Å². The molecule has 1 aliphatic carbocycles. The van der Waals surface area contributed by atoms with Crippen molar-refractivity contribution in [3.63, 3.8) is 0 Å². The van der Waals surface area contributed by atoms with Gasteiger partial charge in [-0.1, -0.05) is 153 Å². The Kier molecular flexibility index (Phi) is 6.56. The Balaban J connectivity index is 1.14. The molecule has 0 saturated carbocycles. The largest absolute Gasteiger partial charge is 0.228 e. The van der Waals surface area contributed by atoms with Gasteiger partial charge in [-0.25, -0.2) is 9.97 Å². The third-order valence-corrected chi connectivity index (χ3v) is 10.9. The highest BCUT2D eigenvalue weighted by atomic mass is 14.9. The lowest BCUT2D eigenvalue weighted by molar-refractivity contribution is 0.661. The van der Waals surface area contributed by atoms with Crippen LogP contribution in [0.2, 0.25) is 0 Å². The summed E-state index contributed by atoms with van der Waals surface area (Å²) in [7, 11) is 0. The van der Waals surface area contributed by atoms with Crippen LogP contribution >= 0.6 is 0 Å². The maximum Gasteiger partial charge on any atom is 0.160 e. The normalized spacial score (nSPS) is 13.1. The van der Waals surface area contributed by atoms with E-state index in [4.69, 9.17) is 9.97 Å². The fourth-order valence-corrected chi connectivity index (χ4v) is 8.18. The van der Waals surface area contributed by atoms with E-state index in [2.05, 4.69) is 166 Å². The third-order valence-electron chi connectivity index (χ3n) is 10.9. The quantitative estimate of drug-likeness (QED) is 0.189. The molecule has 1 aliphatic rings. The first kappa shape index (κ1) is 29.5. The summed E-state index contributed by atoms with van der Waals surface area (Å²) in [6, 6.07) is 61.3. The molecule has 0 bridgehead atoms. The maximum absolute atomic E-state index is 5.22. The molecule has 10 rings (SSSR count). The molecular weight excluding hydrogens is 617 g/mol. The fraction of sp³-hybridized carbons (Fsp3) is 0.0612. The second-order valence-electron chi connectivity index (χ2n) is 14.2. The molecule has 0 atom stereocenters. The highest BCUT2D eigenvalue weighted by Crippen LogP contribution is 2.51. The lowest BCUT2D eigenvalue weighted by atomic mass is 9.81. The zero-order chi connectivity index (χ0) is 34.1. The fourth-order valence-electron chi connectivity index (χ4n) is 8.18. The molecule has 0 fully saturated rings. The van der Waals surface area contributed by atoms with Gasteiger partial charge in [-0.15, -0.1) is 0 Å². The van der Waals surface area contributed by atoms with Crippen LogP contribution < -0.4 is 0 Å². The van der Waals surface area contributed by atoms with Gasteiger partial charge in [0.1, 0.15) is 0 Å². The SMILES string of the molecule is CC1(C)c2ccc(-c3ccc(-c4cc(-c5ccc6ccccc6c5)nc(-c5ccccc5)n4)c4ccccc34)cc2-c2cc3ccccc3cc21. The summed E-state index contributed by atoms with van der Waals surface area (Å²) in [6.07, 6.45) is 0. The smallest absolute Gasteiger partial charge is 0.160 e. The Morgan fingerprint density at radius 1 is 0.353 bits per heavy atom. The van der Waals surface area contributed by atoms with Gasteiger partial charge >= 0.3 is 0 Å². The molecule has 0 saturated heterocycles. The first-order chi connectivity index (χ1) is 25.0. The zero-order valence-electron chi connectivity index (χ0n) is 28.6. The summed E-state index contributed by atoms with van der Waals surface area (Å²) in [5.74, 6) is 0.719. The number of hydrogen-bond donors (Lipinski definition) is 0. The third kappa shape index (κ3) is 4.79. The van der Waals surface area contributed by atoms with Gasteiger partial charge in [-0.2, -0.15) is 0 Å². The lowest BCUT2D eigenvalue weighted by Crippen LogP contribution is -2.14. The summed E-state index contributed by atoms with van der Waals surface area (Å²) >= 11 is 0. The molecule has 0 radical (unpaired) electrons. The van der Waals surface area contributed by atoms with E-state index in [-0.39, 0.29) is 5.41 Å². The monoisotopic (exact) mass is 650 g/mol. The number of fused-ring (bicyclic) bond motifs is 6. The topological polar surface area (TPSA) is 25.8 Å². The summed E-state index contributed by atoms with van der Waals surface area (Å²) < 4.78 is 0. The van der Waals surface area contributed by atoms with Gasteiger partial charge in [0.15, 0.2) is 5.82 Å². The molecule has 2 nitrogen and oxygen atoms in total. The van der Waals surface area contributed by atoms with E-state index in [0.29, 0.717) is 0 Å². The molecule has 0 N–H and O–H groups in total. The van der Waals surface area contributed by atoms with Gasteiger partial charge in [0.2, 0.25) is 0 Å². The average Bonchev–Trinajstić information content (AvgIpc) is 3.41. The summed E-state index contributed by atoms with van der Waals surface area (Å²) in [6.45, 7) is 4.71. The minimum absolute atomic E-state index is 0.0641.